The third-order valence-electron chi connectivity index (χ3n) is 2.49. The van der Waals surface area contributed by atoms with Crippen molar-refractivity contribution in [2.45, 2.75) is 32.3 Å². The van der Waals surface area contributed by atoms with E-state index in [0.717, 1.165) is 19.6 Å². The number of hydrogen-bond donors (Lipinski definition) is 1. The van der Waals surface area contributed by atoms with Crippen LogP contribution in [0.15, 0.2) is 0 Å². The topological polar surface area (TPSA) is 49.8 Å². The van der Waals surface area contributed by atoms with Gasteiger partial charge in [0.1, 0.15) is 6.61 Å². The highest BCUT2D eigenvalue weighted by Crippen LogP contribution is 2.24. The fourth-order valence-corrected chi connectivity index (χ4v) is 1.77. The molecule has 14 heavy (non-hydrogen) atoms. The molecule has 0 aromatic heterocycles. The minimum absolute atomic E-state index is 0.182. The van der Waals surface area contributed by atoms with Gasteiger partial charge in [0.25, 0.3) is 0 Å². The van der Waals surface area contributed by atoms with Crippen molar-refractivity contribution < 1.29 is 14.6 Å². The van der Waals surface area contributed by atoms with Gasteiger partial charge < -0.3 is 9.84 Å². The average molecular weight is 201 g/mol. The first-order valence-electron chi connectivity index (χ1n) is 5.14. The van der Waals surface area contributed by atoms with E-state index in [0.29, 0.717) is 0 Å². The minimum atomic E-state index is -0.891. The van der Waals surface area contributed by atoms with E-state index in [9.17, 15) is 4.79 Å². The first-order chi connectivity index (χ1) is 6.56. The van der Waals surface area contributed by atoms with Crippen molar-refractivity contribution in [2.24, 2.45) is 0 Å². The quantitative estimate of drug-likeness (QED) is 0.695. The molecule has 0 radical (unpaired) electrons. The molecule has 1 heterocycles. The first-order valence-corrected chi connectivity index (χ1v) is 5.14. The molecule has 0 amide bonds. The second kappa shape index (κ2) is 4.75. The molecule has 4 heteroatoms. The summed E-state index contributed by atoms with van der Waals surface area (Å²) in [4.78, 5) is 12.6. The van der Waals surface area contributed by atoms with Gasteiger partial charge in [-0.15, -0.1) is 0 Å². The highest BCUT2D eigenvalue weighted by Gasteiger charge is 2.39. The van der Waals surface area contributed by atoms with Crippen LogP contribution in [-0.4, -0.2) is 47.8 Å². The van der Waals surface area contributed by atoms with Crippen LogP contribution in [-0.2, 0) is 9.53 Å². The average Bonchev–Trinajstić information content (AvgIpc) is 2.07. The summed E-state index contributed by atoms with van der Waals surface area (Å²) in [5.41, 5.74) is -0.230. The van der Waals surface area contributed by atoms with Gasteiger partial charge in [0, 0.05) is 13.1 Å². The van der Waals surface area contributed by atoms with Gasteiger partial charge in [-0.05, 0) is 19.9 Å². The molecular formula is C10H19NO3. The molecule has 0 aromatic rings. The number of aliphatic carboxylic acids is 1. The number of carboxylic acids is 1. The fourth-order valence-electron chi connectivity index (χ4n) is 1.77. The summed E-state index contributed by atoms with van der Waals surface area (Å²) in [6, 6.07) is 0. The zero-order valence-corrected chi connectivity index (χ0v) is 8.95. The summed E-state index contributed by atoms with van der Waals surface area (Å²) in [5.74, 6) is -0.891. The maximum Gasteiger partial charge on any atom is 0.329 e. The second-order valence-corrected chi connectivity index (χ2v) is 4.20. The van der Waals surface area contributed by atoms with Gasteiger partial charge in [-0.2, -0.15) is 0 Å². The molecule has 0 saturated carbocycles. The van der Waals surface area contributed by atoms with E-state index >= 15 is 0 Å². The molecule has 1 fully saturated rings. The molecule has 0 bridgehead atoms. The van der Waals surface area contributed by atoms with Crippen molar-refractivity contribution >= 4 is 5.97 Å². The summed E-state index contributed by atoms with van der Waals surface area (Å²) in [6.07, 6.45) is 2.40. The summed E-state index contributed by atoms with van der Waals surface area (Å²) < 4.78 is 5.30. The van der Waals surface area contributed by atoms with E-state index in [4.69, 9.17) is 9.84 Å². The number of rotatable bonds is 6. The number of hydrogen-bond acceptors (Lipinski definition) is 3. The van der Waals surface area contributed by atoms with Crippen molar-refractivity contribution in [1.29, 1.82) is 0 Å². The molecule has 1 saturated heterocycles. The zero-order valence-electron chi connectivity index (χ0n) is 8.95. The molecule has 1 aliphatic rings. The van der Waals surface area contributed by atoms with E-state index in [-0.39, 0.29) is 12.2 Å². The lowest BCUT2D eigenvalue weighted by molar-refractivity contribution is -0.164. The Morgan fingerprint density at radius 3 is 2.71 bits per heavy atom. The maximum absolute atomic E-state index is 10.3. The molecule has 0 aromatic carbocycles. The van der Waals surface area contributed by atoms with Crippen LogP contribution in [0.25, 0.3) is 0 Å². The van der Waals surface area contributed by atoms with Gasteiger partial charge in [0.2, 0.25) is 0 Å². The maximum atomic E-state index is 10.3. The number of carbonyl (C=O) groups is 1. The monoisotopic (exact) mass is 201 g/mol. The Bertz CT molecular complexity index is 200. The Balaban J connectivity index is 2.13. The van der Waals surface area contributed by atoms with Crippen LogP contribution >= 0.6 is 0 Å². The Hall–Kier alpha value is -0.610. The van der Waals surface area contributed by atoms with E-state index < -0.39 is 5.97 Å². The summed E-state index contributed by atoms with van der Waals surface area (Å²) in [7, 11) is 0. The lowest BCUT2D eigenvalue weighted by atomic mass is 9.96. The largest absolute Gasteiger partial charge is 0.480 e. The van der Waals surface area contributed by atoms with Crippen LogP contribution in [0, 0.1) is 0 Å². The van der Waals surface area contributed by atoms with Crippen LogP contribution in [0.5, 0.6) is 0 Å². The smallest absolute Gasteiger partial charge is 0.329 e. The van der Waals surface area contributed by atoms with Crippen molar-refractivity contribution in [2.75, 3.05) is 26.2 Å². The Kier molecular flexibility index (Phi) is 3.89. The molecule has 0 atom stereocenters. The van der Waals surface area contributed by atoms with Crippen molar-refractivity contribution in [1.82, 2.24) is 4.90 Å². The summed E-state index contributed by atoms with van der Waals surface area (Å²) in [6.45, 7) is 6.78. The standard InChI is InChI=1S/C10H19NO3/c1-3-4-5-11-7-10(2,8-11)14-6-9(12)13/h3-8H2,1-2H3,(H,12,13). The van der Waals surface area contributed by atoms with E-state index in [1.807, 2.05) is 6.92 Å². The summed E-state index contributed by atoms with van der Waals surface area (Å²) >= 11 is 0. The molecule has 0 aliphatic carbocycles. The van der Waals surface area contributed by atoms with Gasteiger partial charge in [-0.1, -0.05) is 13.3 Å². The predicted molar refractivity (Wildman–Crippen MR) is 53.3 cm³/mol. The highest BCUT2D eigenvalue weighted by molar-refractivity contribution is 5.68. The second-order valence-electron chi connectivity index (χ2n) is 4.20. The van der Waals surface area contributed by atoms with E-state index in [2.05, 4.69) is 11.8 Å². The van der Waals surface area contributed by atoms with E-state index in [1.165, 1.54) is 12.8 Å². The highest BCUT2D eigenvalue weighted by atomic mass is 16.5. The van der Waals surface area contributed by atoms with Gasteiger partial charge in [0.05, 0.1) is 5.60 Å². The van der Waals surface area contributed by atoms with Crippen molar-refractivity contribution in [3.05, 3.63) is 0 Å². The zero-order chi connectivity index (χ0) is 10.6. The fraction of sp³-hybridized carbons (Fsp3) is 0.900. The molecule has 1 rings (SSSR count). The number of nitrogens with zero attached hydrogens (tertiary/aromatic N) is 1. The molecule has 82 valence electrons. The van der Waals surface area contributed by atoms with Gasteiger partial charge >= 0.3 is 5.97 Å². The molecular weight excluding hydrogens is 182 g/mol. The summed E-state index contributed by atoms with van der Waals surface area (Å²) in [5, 5.41) is 8.47. The Morgan fingerprint density at radius 1 is 1.57 bits per heavy atom. The predicted octanol–water partition coefficient (Wildman–Crippen LogP) is 0.962. The molecule has 0 unspecified atom stereocenters. The third kappa shape index (κ3) is 3.27. The number of unbranched alkanes of at least 4 members (excludes halogenated alkanes) is 1. The number of carboxylic acid groups (broad SMARTS) is 1. The first kappa shape index (κ1) is 11.5. The van der Waals surface area contributed by atoms with Crippen LogP contribution in [0.2, 0.25) is 0 Å². The Morgan fingerprint density at radius 2 is 2.21 bits per heavy atom. The van der Waals surface area contributed by atoms with Crippen molar-refractivity contribution in [3.63, 3.8) is 0 Å². The Labute approximate surface area is 84.8 Å². The van der Waals surface area contributed by atoms with Gasteiger partial charge in [-0.25, -0.2) is 4.79 Å². The lowest BCUT2D eigenvalue weighted by Gasteiger charge is -2.47. The van der Waals surface area contributed by atoms with Gasteiger partial charge in [-0.3, -0.25) is 4.90 Å². The van der Waals surface area contributed by atoms with Gasteiger partial charge in [0.15, 0.2) is 0 Å². The molecule has 0 spiro atoms. The van der Waals surface area contributed by atoms with Crippen LogP contribution in [0.3, 0.4) is 0 Å². The van der Waals surface area contributed by atoms with Crippen LogP contribution in [0.1, 0.15) is 26.7 Å². The van der Waals surface area contributed by atoms with Crippen molar-refractivity contribution in [3.8, 4) is 0 Å². The minimum Gasteiger partial charge on any atom is -0.480 e. The molecule has 1 N–H and O–H groups in total. The van der Waals surface area contributed by atoms with Crippen LogP contribution in [0.4, 0.5) is 0 Å². The molecule has 1 aliphatic heterocycles. The SMILES string of the molecule is CCCCN1CC(C)(OCC(=O)O)C1. The lowest BCUT2D eigenvalue weighted by Crippen LogP contribution is -2.61. The molecule has 4 nitrogen and oxygen atoms in total. The van der Waals surface area contributed by atoms with E-state index in [1.54, 1.807) is 0 Å². The number of likely N-dealkylation sites (tertiary alicyclic amines) is 1. The number of ether oxygens (including phenoxy) is 1. The third-order valence-corrected chi connectivity index (χ3v) is 2.49. The van der Waals surface area contributed by atoms with Crippen LogP contribution < -0.4 is 0 Å². The normalized spacial score (nSPS) is 20.4.